The van der Waals surface area contributed by atoms with Crippen LogP contribution in [0.5, 0.6) is 0 Å². The summed E-state index contributed by atoms with van der Waals surface area (Å²) < 4.78 is 4.84. The van der Waals surface area contributed by atoms with Crippen molar-refractivity contribution in [2.75, 3.05) is 5.12 Å². The Hall–Kier alpha value is -2.75. The number of hydrazine groups is 1. The zero-order valence-corrected chi connectivity index (χ0v) is 8.90. The molecule has 0 saturated heterocycles. The number of aliphatic hydroxyl groups is 2. The van der Waals surface area contributed by atoms with Crippen molar-refractivity contribution in [1.29, 1.82) is 0 Å². The van der Waals surface area contributed by atoms with Gasteiger partial charge in [-0.1, -0.05) is 0 Å². The maximum atomic E-state index is 11.6. The van der Waals surface area contributed by atoms with E-state index < -0.39 is 23.5 Å². The van der Waals surface area contributed by atoms with Gasteiger partial charge in [-0.15, -0.1) is 5.12 Å². The number of rotatable bonds is 2. The zero-order valence-electron chi connectivity index (χ0n) is 8.90. The fourth-order valence-electron chi connectivity index (χ4n) is 1.19. The van der Waals surface area contributed by atoms with Crippen LogP contribution in [0.1, 0.15) is 5.56 Å². The van der Waals surface area contributed by atoms with Gasteiger partial charge in [0.25, 0.3) is 5.43 Å². The van der Waals surface area contributed by atoms with Gasteiger partial charge in [0.15, 0.2) is 0 Å². The Morgan fingerprint density at radius 2 is 2.28 bits per heavy atom. The first-order valence-corrected chi connectivity index (χ1v) is 4.68. The summed E-state index contributed by atoms with van der Waals surface area (Å²) >= 11 is 0. The summed E-state index contributed by atoms with van der Waals surface area (Å²) in [5, 5.41) is 18.7. The van der Waals surface area contributed by atoms with E-state index in [0.717, 1.165) is 17.7 Å². The number of aliphatic imine (C=N–C) groups is 1. The van der Waals surface area contributed by atoms with Gasteiger partial charge in [-0.2, -0.15) is 0 Å². The van der Waals surface area contributed by atoms with Gasteiger partial charge in [0.2, 0.25) is 11.7 Å². The van der Waals surface area contributed by atoms with Crippen LogP contribution in [-0.2, 0) is 6.61 Å². The van der Waals surface area contributed by atoms with Gasteiger partial charge in [-0.3, -0.25) is 15.0 Å². The first-order chi connectivity index (χ1) is 8.54. The molecule has 0 unspecified atom stereocenters. The average molecular weight is 255 g/mol. The smallest absolute Gasteiger partial charge is 0.350 e. The van der Waals surface area contributed by atoms with Crippen LogP contribution < -0.4 is 27.3 Å². The Morgan fingerprint density at radius 3 is 2.83 bits per heavy atom. The van der Waals surface area contributed by atoms with Crippen LogP contribution in [0.25, 0.3) is 0 Å². The van der Waals surface area contributed by atoms with Gasteiger partial charge in [-0.25, -0.2) is 4.99 Å². The van der Waals surface area contributed by atoms with E-state index >= 15 is 0 Å². The van der Waals surface area contributed by atoms with E-state index in [2.05, 4.69) is 10.4 Å². The Bertz CT molecular complexity index is 638. The Morgan fingerprint density at radius 1 is 1.56 bits per heavy atom. The summed E-state index contributed by atoms with van der Waals surface area (Å²) in [7, 11) is 0. The third-order valence-electron chi connectivity index (χ3n) is 2.08. The molecule has 0 saturated carbocycles. The molecule has 0 aromatic carbocycles. The molecule has 10 heteroatoms. The molecule has 0 bridgehead atoms. The van der Waals surface area contributed by atoms with E-state index in [1.165, 1.54) is 0 Å². The normalized spacial score (nSPS) is 16.8. The highest BCUT2D eigenvalue weighted by molar-refractivity contribution is 5.70. The summed E-state index contributed by atoms with van der Waals surface area (Å²) in [5.41, 5.74) is 5.37. The summed E-state index contributed by atoms with van der Waals surface area (Å²) in [4.78, 5) is 27.2. The summed E-state index contributed by atoms with van der Waals surface area (Å²) in [6, 6.07) is 0. The number of nitrogens with one attached hydrogen (secondary N) is 1. The van der Waals surface area contributed by atoms with Crippen molar-refractivity contribution in [1.82, 2.24) is 10.3 Å². The van der Waals surface area contributed by atoms with Crippen molar-refractivity contribution in [2.45, 2.75) is 6.61 Å². The molecular formula is C8H9N5O5. The maximum Gasteiger partial charge on any atom is 0.350 e. The second-order valence-corrected chi connectivity index (χ2v) is 3.25. The molecular weight excluding hydrogens is 246 g/mol. The van der Waals surface area contributed by atoms with E-state index in [1.807, 2.05) is 0 Å². The second-order valence-electron chi connectivity index (χ2n) is 3.25. The Balaban J connectivity index is 2.42. The molecule has 10 nitrogen and oxygen atoms in total. The molecule has 1 aliphatic rings. The number of hydrogen-bond donors (Lipinski definition) is 4. The zero-order chi connectivity index (χ0) is 13.3. The summed E-state index contributed by atoms with van der Waals surface area (Å²) in [6.45, 7) is -0.603. The van der Waals surface area contributed by atoms with Gasteiger partial charge < -0.3 is 20.5 Å². The average Bonchev–Trinajstić information content (AvgIpc) is 2.82. The lowest BCUT2D eigenvalue weighted by Gasteiger charge is -2.14. The maximum absolute atomic E-state index is 11.6. The molecule has 96 valence electrons. The monoisotopic (exact) mass is 255 g/mol. The minimum absolute atomic E-state index is 0.101. The van der Waals surface area contributed by atoms with Crippen LogP contribution in [0.15, 0.2) is 37.1 Å². The van der Waals surface area contributed by atoms with E-state index in [0.29, 0.717) is 4.85 Å². The van der Waals surface area contributed by atoms with Crippen molar-refractivity contribution in [3.63, 3.8) is 0 Å². The van der Waals surface area contributed by atoms with Crippen molar-refractivity contribution >= 4 is 6.34 Å². The van der Waals surface area contributed by atoms with Crippen molar-refractivity contribution in [3.8, 4) is 0 Å². The molecule has 1 aromatic heterocycles. The van der Waals surface area contributed by atoms with Crippen LogP contribution in [0.4, 0.5) is 0 Å². The quantitative estimate of drug-likeness (QED) is 0.333. The first kappa shape index (κ1) is 11.7. The van der Waals surface area contributed by atoms with E-state index in [1.54, 1.807) is 0 Å². The number of nitrogens with zero attached hydrogens (tertiary/aromatic N) is 3. The second kappa shape index (κ2) is 4.25. The SMILES string of the molecule is NC(O)=C1N=CN(n2occ(CO)c(=O)c2=O)N1. The molecule has 1 aliphatic heterocycles. The van der Waals surface area contributed by atoms with Gasteiger partial charge in [0.1, 0.15) is 12.6 Å². The fourth-order valence-corrected chi connectivity index (χ4v) is 1.19. The molecule has 2 rings (SSSR count). The Labute approximate surface area is 98.8 Å². The lowest BCUT2D eigenvalue weighted by molar-refractivity contribution is 0.223. The standard InChI is InChI=1S/C8H9N5O5/c9-6(16)7-10-3-12(11-7)13-8(17)5(15)4(1-14)2-18-13/h2-3,11,14,16H,1,9H2. The van der Waals surface area contributed by atoms with Crippen LogP contribution >= 0.6 is 0 Å². The number of aliphatic hydroxyl groups excluding tert-OH is 2. The molecule has 0 amide bonds. The molecule has 0 spiro atoms. The van der Waals surface area contributed by atoms with Crippen molar-refractivity contribution in [3.05, 3.63) is 44.1 Å². The number of nitrogens with two attached hydrogens (primary N) is 1. The van der Waals surface area contributed by atoms with Gasteiger partial charge >= 0.3 is 5.56 Å². The minimum Gasteiger partial charge on any atom is -0.492 e. The minimum atomic E-state index is -1.03. The molecule has 0 aliphatic carbocycles. The van der Waals surface area contributed by atoms with Crippen LogP contribution in [0, 0.1) is 0 Å². The van der Waals surface area contributed by atoms with Crippen LogP contribution in [0.3, 0.4) is 0 Å². The highest BCUT2D eigenvalue weighted by atomic mass is 16.5. The highest BCUT2D eigenvalue weighted by Gasteiger charge is 2.19. The van der Waals surface area contributed by atoms with Crippen LogP contribution in [-0.4, -0.2) is 21.4 Å². The largest absolute Gasteiger partial charge is 0.492 e. The van der Waals surface area contributed by atoms with Crippen LogP contribution in [0.2, 0.25) is 0 Å². The molecule has 0 fully saturated rings. The molecule has 5 N–H and O–H groups in total. The fraction of sp³-hybridized carbons (Fsp3) is 0.125. The summed E-state index contributed by atoms with van der Waals surface area (Å²) in [5.74, 6) is -0.688. The molecule has 18 heavy (non-hydrogen) atoms. The first-order valence-electron chi connectivity index (χ1n) is 4.68. The topological polar surface area (TPSA) is 146 Å². The van der Waals surface area contributed by atoms with E-state index in [9.17, 15) is 9.59 Å². The van der Waals surface area contributed by atoms with Gasteiger partial charge in [0, 0.05) is 0 Å². The number of hydrogen-bond acceptors (Lipinski definition) is 9. The van der Waals surface area contributed by atoms with Crippen molar-refractivity contribution in [2.24, 2.45) is 10.7 Å². The third kappa shape index (κ3) is 1.80. The Kier molecular flexibility index (Phi) is 2.77. The third-order valence-corrected chi connectivity index (χ3v) is 2.08. The lowest BCUT2D eigenvalue weighted by atomic mass is 10.3. The van der Waals surface area contributed by atoms with Gasteiger partial charge in [0.05, 0.1) is 12.2 Å². The van der Waals surface area contributed by atoms with Gasteiger partial charge in [-0.05, 0) is 4.85 Å². The summed E-state index contributed by atoms with van der Waals surface area (Å²) in [6.07, 6.45) is 2.00. The van der Waals surface area contributed by atoms with Crippen molar-refractivity contribution < 1.29 is 14.7 Å². The molecule has 1 aromatic rings. The van der Waals surface area contributed by atoms with E-state index in [-0.39, 0.29) is 11.4 Å². The lowest BCUT2D eigenvalue weighted by Crippen LogP contribution is -2.51. The predicted octanol–water partition coefficient (Wildman–Crippen LogP) is -2.58. The predicted molar refractivity (Wildman–Crippen MR) is 58.8 cm³/mol. The highest BCUT2D eigenvalue weighted by Crippen LogP contribution is 2.00. The molecule has 0 radical (unpaired) electrons. The molecule has 0 atom stereocenters. The van der Waals surface area contributed by atoms with E-state index in [4.69, 9.17) is 20.5 Å². The number of aromatic nitrogens is 1. The molecule has 2 heterocycles.